The zero-order chi connectivity index (χ0) is 16.8. The molecule has 1 heterocycles. The normalized spacial score (nSPS) is 18.7. The van der Waals surface area contributed by atoms with Crippen molar-refractivity contribution in [3.63, 3.8) is 0 Å². The Labute approximate surface area is 137 Å². The van der Waals surface area contributed by atoms with E-state index in [0.29, 0.717) is 18.9 Å². The summed E-state index contributed by atoms with van der Waals surface area (Å²) < 4.78 is 12.9. The Morgan fingerprint density at radius 3 is 2.52 bits per heavy atom. The molecule has 1 aliphatic heterocycles. The predicted octanol–water partition coefficient (Wildman–Crippen LogP) is 2.63. The zero-order valence-corrected chi connectivity index (χ0v) is 14.0. The smallest absolute Gasteiger partial charge is 0.222 e. The molecule has 128 valence electrons. The first-order valence-corrected chi connectivity index (χ1v) is 8.47. The maximum Gasteiger partial charge on any atom is 0.222 e. The van der Waals surface area contributed by atoms with Gasteiger partial charge in [-0.15, -0.1) is 0 Å². The van der Waals surface area contributed by atoms with Crippen LogP contribution in [0, 0.1) is 5.82 Å². The maximum absolute atomic E-state index is 12.9. The standard InChI is InChI=1S/C18H27FN2O2/c1-3-18(23)21-10-8-16(9-11-21)20-13(2)12-17(22)14-4-6-15(19)7-5-14/h4-7,13,16-17,20,22H,3,8-12H2,1-2H3/t13-,17-/m0/s1. The molecule has 2 atom stereocenters. The van der Waals surface area contributed by atoms with Crippen LogP contribution in [0.4, 0.5) is 4.39 Å². The van der Waals surface area contributed by atoms with Crippen molar-refractivity contribution in [2.24, 2.45) is 0 Å². The monoisotopic (exact) mass is 322 g/mol. The number of aliphatic hydroxyl groups excluding tert-OH is 1. The topological polar surface area (TPSA) is 52.6 Å². The molecule has 1 saturated heterocycles. The second-order valence-electron chi connectivity index (χ2n) is 6.38. The molecule has 0 aromatic heterocycles. The van der Waals surface area contributed by atoms with Crippen molar-refractivity contribution >= 4 is 5.91 Å². The molecule has 0 radical (unpaired) electrons. The summed E-state index contributed by atoms with van der Waals surface area (Å²) in [6.07, 6.45) is 2.45. The predicted molar refractivity (Wildman–Crippen MR) is 88.5 cm³/mol. The van der Waals surface area contributed by atoms with E-state index in [1.54, 1.807) is 12.1 Å². The van der Waals surface area contributed by atoms with Gasteiger partial charge >= 0.3 is 0 Å². The van der Waals surface area contributed by atoms with Gasteiger partial charge in [0.1, 0.15) is 5.82 Å². The first kappa shape index (κ1) is 17.9. The highest BCUT2D eigenvalue weighted by atomic mass is 19.1. The number of nitrogens with zero attached hydrogens (tertiary/aromatic N) is 1. The van der Waals surface area contributed by atoms with Crippen LogP contribution in [0.1, 0.15) is 51.2 Å². The summed E-state index contributed by atoms with van der Waals surface area (Å²) >= 11 is 0. The lowest BCUT2D eigenvalue weighted by Crippen LogP contribution is -2.47. The fraction of sp³-hybridized carbons (Fsp3) is 0.611. The Hall–Kier alpha value is -1.46. The van der Waals surface area contributed by atoms with E-state index in [9.17, 15) is 14.3 Å². The van der Waals surface area contributed by atoms with Gasteiger partial charge in [-0.2, -0.15) is 0 Å². The van der Waals surface area contributed by atoms with Crippen molar-refractivity contribution in [1.82, 2.24) is 10.2 Å². The minimum Gasteiger partial charge on any atom is -0.388 e. The van der Waals surface area contributed by atoms with Gasteiger partial charge in [-0.1, -0.05) is 19.1 Å². The van der Waals surface area contributed by atoms with E-state index in [4.69, 9.17) is 0 Å². The Kier molecular flexibility index (Phi) is 6.54. The van der Waals surface area contributed by atoms with Crippen LogP contribution in [0.25, 0.3) is 0 Å². The summed E-state index contributed by atoms with van der Waals surface area (Å²) in [4.78, 5) is 13.6. The number of rotatable bonds is 6. The number of likely N-dealkylation sites (tertiary alicyclic amines) is 1. The summed E-state index contributed by atoms with van der Waals surface area (Å²) in [5.41, 5.74) is 0.739. The third kappa shape index (κ3) is 5.29. The van der Waals surface area contributed by atoms with Crippen LogP contribution in [-0.4, -0.2) is 41.1 Å². The Bertz CT molecular complexity index is 498. The first-order chi connectivity index (χ1) is 11.0. The van der Waals surface area contributed by atoms with Gasteiger partial charge in [0.05, 0.1) is 6.10 Å². The number of carbonyl (C=O) groups is 1. The molecule has 5 heteroatoms. The summed E-state index contributed by atoms with van der Waals surface area (Å²) in [6.45, 7) is 5.55. The van der Waals surface area contributed by atoms with Crippen LogP contribution in [-0.2, 0) is 4.79 Å². The lowest BCUT2D eigenvalue weighted by molar-refractivity contribution is -0.131. The molecule has 0 spiro atoms. The number of aliphatic hydroxyl groups is 1. The summed E-state index contributed by atoms with van der Waals surface area (Å²) in [7, 11) is 0. The van der Waals surface area contributed by atoms with Gasteiger partial charge < -0.3 is 15.3 Å². The number of hydrogen-bond donors (Lipinski definition) is 2. The molecule has 0 saturated carbocycles. The number of benzene rings is 1. The van der Waals surface area contributed by atoms with Crippen molar-refractivity contribution in [2.75, 3.05) is 13.1 Å². The molecular weight excluding hydrogens is 295 g/mol. The van der Waals surface area contributed by atoms with Crippen molar-refractivity contribution in [3.05, 3.63) is 35.6 Å². The summed E-state index contributed by atoms with van der Waals surface area (Å²) in [6, 6.07) is 6.54. The molecule has 0 unspecified atom stereocenters. The van der Waals surface area contributed by atoms with Gasteiger partial charge in [-0.05, 0) is 43.9 Å². The third-order valence-corrected chi connectivity index (χ3v) is 4.50. The Morgan fingerprint density at radius 2 is 1.96 bits per heavy atom. The second kappa shape index (κ2) is 8.41. The van der Waals surface area contributed by atoms with E-state index in [1.807, 2.05) is 11.8 Å². The quantitative estimate of drug-likeness (QED) is 0.846. The highest BCUT2D eigenvalue weighted by Gasteiger charge is 2.23. The lowest BCUT2D eigenvalue weighted by Gasteiger charge is -2.34. The average molecular weight is 322 g/mol. The third-order valence-electron chi connectivity index (χ3n) is 4.50. The molecule has 1 amide bonds. The molecule has 1 fully saturated rings. The van der Waals surface area contributed by atoms with E-state index in [2.05, 4.69) is 12.2 Å². The largest absolute Gasteiger partial charge is 0.388 e. The summed E-state index contributed by atoms with van der Waals surface area (Å²) in [5, 5.41) is 13.8. The van der Waals surface area contributed by atoms with E-state index in [1.165, 1.54) is 12.1 Å². The van der Waals surface area contributed by atoms with Gasteiger partial charge in [0, 0.05) is 31.6 Å². The Balaban J connectivity index is 1.76. The van der Waals surface area contributed by atoms with Gasteiger partial charge in [-0.25, -0.2) is 4.39 Å². The molecule has 0 bridgehead atoms. The minimum atomic E-state index is -0.597. The minimum absolute atomic E-state index is 0.161. The fourth-order valence-electron chi connectivity index (χ4n) is 3.15. The highest BCUT2D eigenvalue weighted by Crippen LogP contribution is 2.20. The van der Waals surface area contributed by atoms with Crippen LogP contribution in [0.5, 0.6) is 0 Å². The van der Waals surface area contributed by atoms with Crippen molar-refractivity contribution in [1.29, 1.82) is 0 Å². The molecule has 23 heavy (non-hydrogen) atoms. The van der Waals surface area contributed by atoms with E-state index in [0.717, 1.165) is 31.5 Å². The molecule has 0 aliphatic carbocycles. The lowest BCUT2D eigenvalue weighted by atomic mass is 9.99. The highest BCUT2D eigenvalue weighted by molar-refractivity contribution is 5.75. The molecule has 4 nitrogen and oxygen atoms in total. The van der Waals surface area contributed by atoms with Gasteiger partial charge in [0.2, 0.25) is 5.91 Å². The van der Waals surface area contributed by atoms with Crippen LogP contribution in [0.3, 0.4) is 0 Å². The summed E-state index contributed by atoms with van der Waals surface area (Å²) in [5.74, 6) is -0.0660. The van der Waals surface area contributed by atoms with Crippen molar-refractivity contribution < 1.29 is 14.3 Å². The molecule has 2 rings (SSSR count). The Morgan fingerprint density at radius 1 is 1.35 bits per heavy atom. The molecule has 1 aromatic rings. The number of amides is 1. The number of halogens is 1. The van der Waals surface area contributed by atoms with Gasteiger partial charge in [0.25, 0.3) is 0 Å². The van der Waals surface area contributed by atoms with Crippen molar-refractivity contribution in [3.8, 4) is 0 Å². The molecular formula is C18H27FN2O2. The fourth-order valence-corrected chi connectivity index (χ4v) is 3.15. The van der Waals surface area contributed by atoms with Crippen LogP contribution < -0.4 is 5.32 Å². The van der Waals surface area contributed by atoms with Gasteiger partial charge in [-0.3, -0.25) is 4.79 Å². The SMILES string of the molecule is CCC(=O)N1CCC(N[C@@H](C)C[C@H](O)c2ccc(F)cc2)CC1. The maximum atomic E-state index is 12.9. The van der Waals surface area contributed by atoms with Crippen molar-refractivity contribution in [2.45, 2.75) is 57.7 Å². The molecule has 2 N–H and O–H groups in total. The van der Waals surface area contributed by atoms with Gasteiger partial charge in [0.15, 0.2) is 0 Å². The van der Waals surface area contributed by atoms with Crippen LogP contribution in [0.2, 0.25) is 0 Å². The van der Waals surface area contributed by atoms with E-state index < -0.39 is 6.10 Å². The van der Waals surface area contributed by atoms with Crippen LogP contribution in [0.15, 0.2) is 24.3 Å². The number of nitrogens with one attached hydrogen (secondary N) is 1. The molecule has 1 aromatic carbocycles. The first-order valence-electron chi connectivity index (χ1n) is 8.47. The molecule has 1 aliphatic rings. The van der Waals surface area contributed by atoms with E-state index >= 15 is 0 Å². The van der Waals surface area contributed by atoms with E-state index in [-0.39, 0.29) is 17.8 Å². The second-order valence-corrected chi connectivity index (χ2v) is 6.38. The number of piperidine rings is 1. The number of hydrogen-bond acceptors (Lipinski definition) is 3. The average Bonchev–Trinajstić information content (AvgIpc) is 2.55. The number of carbonyl (C=O) groups excluding carboxylic acids is 1. The zero-order valence-electron chi connectivity index (χ0n) is 14.0. The van der Waals surface area contributed by atoms with Crippen LogP contribution >= 0.6 is 0 Å².